The molecule has 1 aromatic carbocycles. The van der Waals surface area contributed by atoms with Gasteiger partial charge < -0.3 is 16.2 Å². The van der Waals surface area contributed by atoms with Crippen molar-refractivity contribution in [2.45, 2.75) is 25.9 Å². The summed E-state index contributed by atoms with van der Waals surface area (Å²) in [5, 5.41) is 11.7. The van der Waals surface area contributed by atoms with Crippen molar-refractivity contribution in [1.82, 2.24) is 5.32 Å². The van der Waals surface area contributed by atoms with Crippen LogP contribution in [0.5, 0.6) is 0 Å². The van der Waals surface area contributed by atoms with Crippen molar-refractivity contribution < 1.29 is 9.90 Å². The first kappa shape index (κ1) is 12.7. The Balaban J connectivity index is 2.65. The number of carbonyl (C=O) groups is 1. The van der Waals surface area contributed by atoms with Crippen molar-refractivity contribution in [3.8, 4) is 0 Å². The van der Waals surface area contributed by atoms with Crippen LogP contribution in [0.25, 0.3) is 0 Å². The molecule has 0 aliphatic rings. The molecule has 1 unspecified atom stereocenters. The maximum Gasteiger partial charge on any atom is 0.251 e. The largest absolute Gasteiger partial charge is 0.394 e. The van der Waals surface area contributed by atoms with E-state index < -0.39 is 0 Å². The Morgan fingerprint density at radius 1 is 1.44 bits per heavy atom. The van der Waals surface area contributed by atoms with E-state index >= 15 is 0 Å². The Hall–Kier alpha value is -1.39. The highest BCUT2D eigenvalue weighted by Gasteiger charge is 2.10. The van der Waals surface area contributed by atoms with Gasteiger partial charge in [0, 0.05) is 12.1 Å². The van der Waals surface area contributed by atoms with Crippen LogP contribution in [0.3, 0.4) is 0 Å². The Bertz CT molecular complexity index is 331. The number of rotatable bonds is 5. The molecule has 0 aliphatic carbocycles. The molecule has 0 bridgehead atoms. The fourth-order valence-electron chi connectivity index (χ4n) is 1.34. The Kier molecular flexibility index (Phi) is 4.95. The summed E-state index contributed by atoms with van der Waals surface area (Å²) < 4.78 is 0. The van der Waals surface area contributed by atoms with Crippen molar-refractivity contribution in [2.24, 2.45) is 5.73 Å². The standard InChI is InChI=1S/C12H18N2O2/c1-2-11(8-15)14-12(16)10-5-3-9(7-13)4-6-10/h3-6,11,15H,2,7-8,13H2,1H3,(H,14,16). The number of amides is 1. The fourth-order valence-corrected chi connectivity index (χ4v) is 1.34. The van der Waals surface area contributed by atoms with Crippen molar-refractivity contribution in [2.75, 3.05) is 6.61 Å². The minimum Gasteiger partial charge on any atom is -0.394 e. The maximum atomic E-state index is 11.7. The lowest BCUT2D eigenvalue weighted by Crippen LogP contribution is -2.36. The van der Waals surface area contributed by atoms with Crippen LogP contribution in [0.15, 0.2) is 24.3 Å². The second-order valence-corrected chi connectivity index (χ2v) is 3.66. The van der Waals surface area contributed by atoms with Gasteiger partial charge in [0.25, 0.3) is 5.91 Å². The van der Waals surface area contributed by atoms with Crippen LogP contribution >= 0.6 is 0 Å². The third-order valence-corrected chi connectivity index (χ3v) is 2.50. The van der Waals surface area contributed by atoms with Crippen LogP contribution in [0.2, 0.25) is 0 Å². The number of aliphatic hydroxyl groups excluding tert-OH is 1. The molecule has 0 saturated heterocycles. The second-order valence-electron chi connectivity index (χ2n) is 3.66. The Morgan fingerprint density at radius 2 is 2.06 bits per heavy atom. The molecule has 4 heteroatoms. The Labute approximate surface area is 95.5 Å². The lowest BCUT2D eigenvalue weighted by Gasteiger charge is -2.13. The summed E-state index contributed by atoms with van der Waals surface area (Å²) in [5.41, 5.74) is 7.04. The number of benzene rings is 1. The third-order valence-electron chi connectivity index (χ3n) is 2.50. The van der Waals surface area contributed by atoms with Gasteiger partial charge in [-0.1, -0.05) is 19.1 Å². The molecule has 88 valence electrons. The van der Waals surface area contributed by atoms with Crippen molar-refractivity contribution in [1.29, 1.82) is 0 Å². The molecular formula is C12H18N2O2. The molecule has 0 aromatic heterocycles. The molecule has 0 aliphatic heterocycles. The first-order valence-corrected chi connectivity index (χ1v) is 5.42. The number of aliphatic hydroxyl groups is 1. The molecule has 4 N–H and O–H groups in total. The number of nitrogens with one attached hydrogen (secondary N) is 1. The van der Waals surface area contributed by atoms with Crippen molar-refractivity contribution in [3.63, 3.8) is 0 Å². The zero-order chi connectivity index (χ0) is 12.0. The Morgan fingerprint density at radius 3 is 2.50 bits per heavy atom. The first-order valence-electron chi connectivity index (χ1n) is 5.42. The van der Waals surface area contributed by atoms with Gasteiger partial charge >= 0.3 is 0 Å². The van der Waals surface area contributed by atoms with Gasteiger partial charge in [-0.05, 0) is 24.1 Å². The molecule has 0 spiro atoms. The lowest BCUT2D eigenvalue weighted by atomic mass is 10.1. The summed E-state index contributed by atoms with van der Waals surface area (Å²) in [6.45, 7) is 2.35. The van der Waals surface area contributed by atoms with Gasteiger partial charge in [-0.25, -0.2) is 0 Å². The van der Waals surface area contributed by atoms with Crippen molar-refractivity contribution >= 4 is 5.91 Å². The van der Waals surface area contributed by atoms with E-state index in [1.54, 1.807) is 12.1 Å². The monoisotopic (exact) mass is 222 g/mol. The van der Waals surface area contributed by atoms with E-state index in [0.29, 0.717) is 18.5 Å². The summed E-state index contributed by atoms with van der Waals surface area (Å²) in [6.07, 6.45) is 0.711. The highest BCUT2D eigenvalue weighted by atomic mass is 16.3. The minimum atomic E-state index is -0.179. The van der Waals surface area contributed by atoms with Gasteiger partial charge in [-0.2, -0.15) is 0 Å². The molecular weight excluding hydrogens is 204 g/mol. The molecule has 1 aromatic rings. The maximum absolute atomic E-state index is 11.7. The van der Waals surface area contributed by atoms with Crippen LogP contribution < -0.4 is 11.1 Å². The van der Waals surface area contributed by atoms with Crippen molar-refractivity contribution in [3.05, 3.63) is 35.4 Å². The van der Waals surface area contributed by atoms with Gasteiger partial charge in [0.1, 0.15) is 0 Å². The molecule has 16 heavy (non-hydrogen) atoms. The minimum absolute atomic E-state index is 0.0386. The molecule has 1 amide bonds. The molecule has 0 fully saturated rings. The van der Waals surface area contributed by atoms with Gasteiger partial charge in [0.15, 0.2) is 0 Å². The van der Waals surface area contributed by atoms with E-state index in [4.69, 9.17) is 10.8 Å². The van der Waals surface area contributed by atoms with E-state index in [9.17, 15) is 4.79 Å². The molecule has 0 radical (unpaired) electrons. The second kappa shape index (κ2) is 6.25. The van der Waals surface area contributed by atoms with Crippen LogP contribution in [-0.2, 0) is 6.54 Å². The SMILES string of the molecule is CCC(CO)NC(=O)c1ccc(CN)cc1. The number of hydrogen-bond acceptors (Lipinski definition) is 3. The molecule has 1 atom stereocenters. The third kappa shape index (κ3) is 3.32. The van der Waals surface area contributed by atoms with Crippen LogP contribution in [0.4, 0.5) is 0 Å². The smallest absolute Gasteiger partial charge is 0.251 e. The van der Waals surface area contributed by atoms with E-state index in [0.717, 1.165) is 5.56 Å². The fraction of sp³-hybridized carbons (Fsp3) is 0.417. The van der Waals surface area contributed by atoms with Crippen LogP contribution in [-0.4, -0.2) is 23.7 Å². The van der Waals surface area contributed by atoms with Gasteiger partial charge in [-0.3, -0.25) is 4.79 Å². The predicted molar refractivity (Wildman–Crippen MR) is 63.0 cm³/mol. The van der Waals surface area contributed by atoms with Crippen LogP contribution in [0.1, 0.15) is 29.3 Å². The molecule has 0 saturated carbocycles. The first-order chi connectivity index (χ1) is 7.71. The average Bonchev–Trinajstić information content (AvgIpc) is 2.35. The highest BCUT2D eigenvalue weighted by Crippen LogP contribution is 2.04. The summed E-state index contributed by atoms with van der Waals surface area (Å²) in [6, 6.07) is 6.95. The predicted octanol–water partition coefficient (Wildman–Crippen LogP) is 0.646. The van der Waals surface area contributed by atoms with E-state index in [1.807, 2.05) is 19.1 Å². The summed E-state index contributed by atoms with van der Waals surface area (Å²) in [4.78, 5) is 11.7. The van der Waals surface area contributed by atoms with Gasteiger partial charge in [-0.15, -0.1) is 0 Å². The van der Waals surface area contributed by atoms with Gasteiger partial charge in [0.2, 0.25) is 0 Å². The molecule has 4 nitrogen and oxygen atoms in total. The highest BCUT2D eigenvalue weighted by molar-refractivity contribution is 5.94. The summed E-state index contributed by atoms with van der Waals surface area (Å²) >= 11 is 0. The van der Waals surface area contributed by atoms with E-state index in [1.165, 1.54) is 0 Å². The topological polar surface area (TPSA) is 75.3 Å². The number of nitrogens with two attached hydrogens (primary N) is 1. The zero-order valence-electron chi connectivity index (χ0n) is 9.44. The summed E-state index contributed by atoms with van der Waals surface area (Å²) in [5.74, 6) is -0.163. The zero-order valence-corrected chi connectivity index (χ0v) is 9.44. The molecule has 1 rings (SSSR count). The average molecular weight is 222 g/mol. The lowest BCUT2D eigenvalue weighted by molar-refractivity contribution is 0.0915. The van der Waals surface area contributed by atoms with Gasteiger partial charge in [0.05, 0.1) is 12.6 Å². The quantitative estimate of drug-likeness (QED) is 0.684. The van der Waals surface area contributed by atoms with Crippen LogP contribution in [0, 0.1) is 0 Å². The summed E-state index contributed by atoms with van der Waals surface area (Å²) in [7, 11) is 0. The normalized spacial score (nSPS) is 12.2. The number of carbonyl (C=O) groups excluding carboxylic acids is 1. The molecule has 0 heterocycles. The van der Waals surface area contributed by atoms with E-state index in [2.05, 4.69) is 5.32 Å². The van der Waals surface area contributed by atoms with E-state index in [-0.39, 0.29) is 18.6 Å². The number of hydrogen-bond donors (Lipinski definition) is 3.